The lowest BCUT2D eigenvalue weighted by Gasteiger charge is -2.41. The molecule has 1 aromatic carbocycles. The third-order valence-electron chi connectivity index (χ3n) is 4.07. The van der Waals surface area contributed by atoms with E-state index in [-0.39, 0.29) is 6.42 Å². The summed E-state index contributed by atoms with van der Waals surface area (Å²) in [6.45, 7) is 0.940. The third-order valence-corrected chi connectivity index (χ3v) is 4.07. The van der Waals surface area contributed by atoms with Gasteiger partial charge in [0.2, 0.25) is 0 Å². The number of ether oxygens (including phenoxy) is 1. The fourth-order valence-corrected chi connectivity index (χ4v) is 2.90. The van der Waals surface area contributed by atoms with Gasteiger partial charge in [-0.15, -0.1) is 0 Å². The van der Waals surface area contributed by atoms with Gasteiger partial charge in [0.15, 0.2) is 0 Å². The molecule has 0 radical (unpaired) electrons. The lowest BCUT2D eigenvalue weighted by atomic mass is 9.69. The van der Waals surface area contributed by atoms with Crippen LogP contribution in [0.2, 0.25) is 0 Å². The van der Waals surface area contributed by atoms with E-state index < -0.39 is 24.1 Å². The van der Waals surface area contributed by atoms with Crippen molar-refractivity contribution in [3.63, 3.8) is 0 Å². The van der Waals surface area contributed by atoms with Crippen molar-refractivity contribution in [1.29, 1.82) is 0 Å². The van der Waals surface area contributed by atoms with E-state index in [1.807, 2.05) is 30.3 Å². The Hall–Kier alpha value is -1.07. The van der Waals surface area contributed by atoms with Crippen molar-refractivity contribution in [3.8, 4) is 0 Å². The highest BCUT2D eigenvalue weighted by Crippen LogP contribution is 2.40. The highest BCUT2D eigenvalue weighted by atomic mass is 19.4. The predicted octanol–water partition coefficient (Wildman–Crippen LogP) is 3.44. The molecule has 1 saturated heterocycles. The van der Waals surface area contributed by atoms with E-state index in [2.05, 4.69) is 0 Å². The number of aliphatic hydroxyl groups is 1. The largest absolute Gasteiger partial charge is 0.392 e. The van der Waals surface area contributed by atoms with Crippen LogP contribution in [-0.4, -0.2) is 30.6 Å². The highest BCUT2D eigenvalue weighted by Gasteiger charge is 2.42. The SMILES string of the molecule is OC(CCC(F)(F)F)C1(c2ccccc2)CCOCC1. The van der Waals surface area contributed by atoms with E-state index >= 15 is 0 Å². The molecule has 1 atom stereocenters. The maximum absolute atomic E-state index is 12.4. The first kappa shape index (κ1) is 15.3. The highest BCUT2D eigenvalue weighted by molar-refractivity contribution is 5.27. The molecule has 1 fully saturated rings. The summed E-state index contributed by atoms with van der Waals surface area (Å²) in [6.07, 6.45) is -5.35. The molecule has 0 spiro atoms. The zero-order chi connectivity index (χ0) is 14.6. The van der Waals surface area contributed by atoms with Crippen molar-refractivity contribution in [2.24, 2.45) is 0 Å². The van der Waals surface area contributed by atoms with Crippen molar-refractivity contribution in [1.82, 2.24) is 0 Å². The molecule has 20 heavy (non-hydrogen) atoms. The van der Waals surface area contributed by atoms with Crippen molar-refractivity contribution >= 4 is 0 Å². The topological polar surface area (TPSA) is 29.5 Å². The smallest absolute Gasteiger partial charge is 0.389 e. The number of hydrogen-bond donors (Lipinski definition) is 1. The fraction of sp³-hybridized carbons (Fsp3) is 0.600. The van der Waals surface area contributed by atoms with E-state index in [0.717, 1.165) is 5.56 Å². The van der Waals surface area contributed by atoms with Crippen LogP contribution in [0.3, 0.4) is 0 Å². The average molecular weight is 288 g/mol. The molecule has 1 aromatic rings. The molecule has 0 aromatic heterocycles. The van der Waals surface area contributed by atoms with Gasteiger partial charge in [0.25, 0.3) is 0 Å². The molecule has 0 saturated carbocycles. The van der Waals surface area contributed by atoms with Crippen LogP contribution in [0.5, 0.6) is 0 Å². The summed E-state index contributed by atoms with van der Waals surface area (Å²) in [6, 6.07) is 9.31. The number of hydrogen-bond acceptors (Lipinski definition) is 2. The Bertz CT molecular complexity index is 411. The molecule has 0 bridgehead atoms. The summed E-state index contributed by atoms with van der Waals surface area (Å²) < 4.78 is 42.4. The molecule has 1 aliphatic rings. The molecule has 0 aliphatic carbocycles. The number of alkyl halides is 3. The lowest BCUT2D eigenvalue weighted by Crippen LogP contribution is -2.44. The normalized spacial score (nSPS) is 20.6. The van der Waals surface area contributed by atoms with Crippen LogP contribution >= 0.6 is 0 Å². The van der Waals surface area contributed by atoms with Gasteiger partial charge in [-0.2, -0.15) is 13.2 Å². The second-order valence-electron chi connectivity index (χ2n) is 5.30. The van der Waals surface area contributed by atoms with E-state index in [1.165, 1.54) is 0 Å². The summed E-state index contributed by atoms with van der Waals surface area (Å²) in [4.78, 5) is 0. The number of aliphatic hydroxyl groups excluding tert-OH is 1. The quantitative estimate of drug-likeness (QED) is 0.919. The molecule has 5 heteroatoms. The van der Waals surface area contributed by atoms with Crippen LogP contribution in [-0.2, 0) is 10.2 Å². The summed E-state index contributed by atoms with van der Waals surface area (Å²) >= 11 is 0. The molecule has 1 N–H and O–H groups in total. The average Bonchev–Trinajstić information content (AvgIpc) is 2.45. The first-order valence-electron chi connectivity index (χ1n) is 6.82. The summed E-state index contributed by atoms with van der Waals surface area (Å²) in [5.74, 6) is 0. The van der Waals surface area contributed by atoms with E-state index in [1.54, 1.807) is 0 Å². The van der Waals surface area contributed by atoms with Crippen LogP contribution in [0.15, 0.2) is 30.3 Å². The molecule has 2 nitrogen and oxygen atoms in total. The van der Waals surface area contributed by atoms with Crippen LogP contribution in [0.4, 0.5) is 13.2 Å². The minimum Gasteiger partial charge on any atom is -0.392 e. The van der Waals surface area contributed by atoms with Gasteiger partial charge in [0.1, 0.15) is 0 Å². The zero-order valence-corrected chi connectivity index (χ0v) is 11.2. The second kappa shape index (κ2) is 6.14. The first-order chi connectivity index (χ1) is 9.44. The Morgan fingerprint density at radius 1 is 1.15 bits per heavy atom. The van der Waals surface area contributed by atoms with Gasteiger partial charge in [0, 0.05) is 25.0 Å². The Labute approximate surface area is 116 Å². The summed E-state index contributed by atoms with van der Waals surface area (Å²) in [7, 11) is 0. The lowest BCUT2D eigenvalue weighted by molar-refractivity contribution is -0.144. The number of halogens is 3. The minimum atomic E-state index is -4.23. The van der Waals surface area contributed by atoms with Gasteiger partial charge in [0.05, 0.1) is 6.10 Å². The summed E-state index contributed by atoms with van der Waals surface area (Å²) in [5.41, 5.74) is 0.281. The van der Waals surface area contributed by atoms with Crippen molar-refractivity contribution in [2.75, 3.05) is 13.2 Å². The molecule has 1 unspecified atom stereocenters. The van der Waals surface area contributed by atoms with E-state index in [9.17, 15) is 18.3 Å². The van der Waals surface area contributed by atoms with Gasteiger partial charge in [-0.1, -0.05) is 30.3 Å². The molecular formula is C15H19F3O2. The van der Waals surface area contributed by atoms with Gasteiger partial charge in [-0.3, -0.25) is 0 Å². The minimum absolute atomic E-state index is 0.265. The van der Waals surface area contributed by atoms with E-state index in [0.29, 0.717) is 26.1 Å². The molecule has 1 heterocycles. The summed E-state index contributed by atoms with van der Waals surface area (Å²) in [5, 5.41) is 10.4. The van der Waals surface area contributed by atoms with Crippen molar-refractivity contribution in [2.45, 2.75) is 43.4 Å². The van der Waals surface area contributed by atoms with Crippen LogP contribution < -0.4 is 0 Å². The van der Waals surface area contributed by atoms with Gasteiger partial charge < -0.3 is 9.84 Å². The first-order valence-corrected chi connectivity index (χ1v) is 6.82. The predicted molar refractivity (Wildman–Crippen MR) is 69.5 cm³/mol. The van der Waals surface area contributed by atoms with Crippen LogP contribution in [0.1, 0.15) is 31.2 Å². The number of benzene rings is 1. The monoisotopic (exact) mass is 288 g/mol. The molecular weight excluding hydrogens is 269 g/mol. The third kappa shape index (κ3) is 3.52. The molecule has 112 valence electrons. The van der Waals surface area contributed by atoms with Crippen molar-refractivity contribution < 1.29 is 23.0 Å². The zero-order valence-electron chi connectivity index (χ0n) is 11.2. The molecule has 0 amide bonds. The van der Waals surface area contributed by atoms with Crippen molar-refractivity contribution in [3.05, 3.63) is 35.9 Å². The Morgan fingerprint density at radius 2 is 1.75 bits per heavy atom. The fourth-order valence-electron chi connectivity index (χ4n) is 2.90. The van der Waals surface area contributed by atoms with Gasteiger partial charge in [-0.25, -0.2) is 0 Å². The maximum atomic E-state index is 12.4. The van der Waals surface area contributed by atoms with E-state index in [4.69, 9.17) is 4.74 Å². The number of rotatable bonds is 4. The molecule has 2 rings (SSSR count). The van der Waals surface area contributed by atoms with Gasteiger partial charge >= 0.3 is 6.18 Å². The Kier molecular flexibility index (Phi) is 4.70. The Balaban J connectivity index is 2.19. The molecule has 1 aliphatic heterocycles. The van der Waals surface area contributed by atoms with Crippen LogP contribution in [0, 0.1) is 0 Å². The van der Waals surface area contributed by atoms with Gasteiger partial charge in [-0.05, 0) is 24.8 Å². The Morgan fingerprint density at radius 3 is 2.30 bits per heavy atom. The second-order valence-corrected chi connectivity index (χ2v) is 5.30. The van der Waals surface area contributed by atoms with Crippen LogP contribution in [0.25, 0.3) is 0 Å². The standard InChI is InChI=1S/C15H19F3O2/c16-15(17,18)7-6-13(19)14(8-10-20-11-9-14)12-4-2-1-3-5-12/h1-5,13,19H,6-11H2. The maximum Gasteiger partial charge on any atom is 0.389 e.